The number of hydrogen-bond donors (Lipinski definition) is 0. The van der Waals surface area contributed by atoms with Crippen molar-refractivity contribution in [2.24, 2.45) is 11.8 Å². The summed E-state index contributed by atoms with van der Waals surface area (Å²) in [5.74, 6) is 0.523. The second-order valence-corrected chi connectivity index (χ2v) is 6.48. The molecular weight excluding hydrogens is 303 g/mol. The van der Waals surface area contributed by atoms with Crippen LogP contribution in [0.4, 0.5) is 13.2 Å². The zero-order chi connectivity index (χ0) is 15.6. The van der Waals surface area contributed by atoms with Gasteiger partial charge in [0.05, 0.1) is 11.8 Å². The van der Waals surface area contributed by atoms with Crippen LogP contribution in [0.1, 0.15) is 57.1 Å². The average molecular weight is 324 g/mol. The first-order chi connectivity index (χ1) is 9.82. The molecule has 0 bridgehead atoms. The molecule has 0 N–H and O–H groups in total. The highest BCUT2D eigenvalue weighted by Crippen LogP contribution is 2.43. The van der Waals surface area contributed by atoms with Gasteiger partial charge in [-0.1, -0.05) is 20.3 Å². The van der Waals surface area contributed by atoms with Crippen LogP contribution in [0, 0.1) is 11.8 Å². The molecular formula is C14H21ClF3N3. The van der Waals surface area contributed by atoms with E-state index < -0.39 is 12.1 Å². The number of rotatable bonds is 4. The second-order valence-electron chi connectivity index (χ2n) is 6.21. The summed E-state index contributed by atoms with van der Waals surface area (Å²) in [6.07, 6.45) is -2.45. The van der Waals surface area contributed by atoms with E-state index in [0.29, 0.717) is 30.5 Å². The maximum atomic E-state index is 12.9. The SMILES string of the molecule is CC(C)Cn1c(CCl)nnc1C1CCCC(C(F)(F)F)C1. The Morgan fingerprint density at radius 3 is 2.57 bits per heavy atom. The van der Waals surface area contributed by atoms with Gasteiger partial charge >= 0.3 is 6.18 Å². The van der Waals surface area contributed by atoms with Gasteiger partial charge in [0.25, 0.3) is 0 Å². The monoisotopic (exact) mass is 323 g/mol. The Balaban J connectivity index is 2.22. The third-order valence-corrected chi connectivity index (χ3v) is 4.26. The van der Waals surface area contributed by atoms with Crippen molar-refractivity contribution in [2.75, 3.05) is 0 Å². The molecule has 1 fully saturated rings. The zero-order valence-corrected chi connectivity index (χ0v) is 13.1. The van der Waals surface area contributed by atoms with Crippen LogP contribution in [0.3, 0.4) is 0 Å². The van der Waals surface area contributed by atoms with E-state index >= 15 is 0 Å². The Bertz CT molecular complexity index is 471. The Morgan fingerprint density at radius 1 is 1.29 bits per heavy atom. The number of halogens is 4. The minimum atomic E-state index is -4.11. The van der Waals surface area contributed by atoms with E-state index in [-0.39, 0.29) is 24.6 Å². The van der Waals surface area contributed by atoms with Crippen LogP contribution < -0.4 is 0 Å². The van der Waals surface area contributed by atoms with Crippen LogP contribution in [0.25, 0.3) is 0 Å². The normalized spacial score (nSPS) is 23.8. The number of nitrogens with zero attached hydrogens (tertiary/aromatic N) is 3. The molecule has 1 aliphatic carbocycles. The molecule has 1 aliphatic rings. The van der Waals surface area contributed by atoms with Gasteiger partial charge in [-0.2, -0.15) is 13.2 Å². The molecule has 1 heterocycles. The van der Waals surface area contributed by atoms with Gasteiger partial charge in [-0.05, 0) is 25.2 Å². The maximum Gasteiger partial charge on any atom is 0.391 e. The van der Waals surface area contributed by atoms with Crippen LogP contribution in [0.15, 0.2) is 0 Å². The van der Waals surface area contributed by atoms with Crippen molar-refractivity contribution in [1.29, 1.82) is 0 Å². The van der Waals surface area contributed by atoms with Gasteiger partial charge in [0.1, 0.15) is 11.6 Å². The third-order valence-electron chi connectivity index (χ3n) is 4.03. The molecule has 0 amide bonds. The van der Waals surface area contributed by atoms with Crippen molar-refractivity contribution in [3.8, 4) is 0 Å². The van der Waals surface area contributed by atoms with Crippen molar-refractivity contribution in [3.63, 3.8) is 0 Å². The molecule has 1 aromatic heterocycles. The standard InChI is InChI=1S/C14H21ClF3N3/c1-9(2)8-21-12(7-15)19-20-13(21)10-4-3-5-11(6-10)14(16,17)18/h9-11H,3-8H2,1-2H3. The van der Waals surface area contributed by atoms with Crippen molar-refractivity contribution >= 4 is 11.6 Å². The molecule has 120 valence electrons. The third kappa shape index (κ3) is 3.90. The summed E-state index contributed by atoms with van der Waals surface area (Å²) in [5.41, 5.74) is 0. The van der Waals surface area contributed by atoms with Crippen LogP contribution in [0.2, 0.25) is 0 Å². The lowest BCUT2D eigenvalue weighted by Crippen LogP contribution is -2.29. The first-order valence-corrected chi connectivity index (χ1v) is 7.91. The van der Waals surface area contributed by atoms with E-state index in [1.165, 1.54) is 0 Å². The molecule has 7 heteroatoms. The molecule has 21 heavy (non-hydrogen) atoms. The molecule has 1 aromatic rings. The Hall–Kier alpha value is -0.780. The van der Waals surface area contributed by atoms with Crippen LogP contribution in [-0.2, 0) is 12.4 Å². The van der Waals surface area contributed by atoms with E-state index in [4.69, 9.17) is 11.6 Å². The van der Waals surface area contributed by atoms with E-state index in [0.717, 1.165) is 6.42 Å². The van der Waals surface area contributed by atoms with E-state index in [2.05, 4.69) is 24.0 Å². The van der Waals surface area contributed by atoms with Gasteiger partial charge in [0, 0.05) is 12.5 Å². The predicted molar refractivity (Wildman–Crippen MR) is 75.2 cm³/mol. The number of aromatic nitrogens is 3. The number of alkyl halides is 4. The molecule has 0 saturated heterocycles. The lowest BCUT2D eigenvalue weighted by Gasteiger charge is -2.30. The summed E-state index contributed by atoms with van der Waals surface area (Å²) in [6.45, 7) is 4.81. The van der Waals surface area contributed by atoms with Gasteiger partial charge < -0.3 is 4.57 Å². The summed E-state index contributed by atoms with van der Waals surface area (Å²) in [7, 11) is 0. The summed E-state index contributed by atoms with van der Waals surface area (Å²) < 4.78 is 40.8. The molecule has 0 spiro atoms. The fraction of sp³-hybridized carbons (Fsp3) is 0.857. The van der Waals surface area contributed by atoms with Crippen LogP contribution in [-0.4, -0.2) is 20.9 Å². The Morgan fingerprint density at radius 2 is 2.00 bits per heavy atom. The van der Waals surface area contributed by atoms with E-state index in [9.17, 15) is 13.2 Å². The molecule has 2 unspecified atom stereocenters. The minimum Gasteiger partial charge on any atom is -0.313 e. The Kier molecular flexibility index (Phi) is 5.17. The highest BCUT2D eigenvalue weighted by Gasteiger charge is 2.43. The smallest absolute Gasteiger partial charge is 0.313 e. The first-order valence-electron chi connectivity index (χ1n) is 7.37. The lowest BCUT2D eigenvalue weighted by atomic mass is 9.80. The summed E-state index contributed by atoms with van der Waals surface area (Å²) in [4.78, 5) is 0. The molecule has 0 aromatic carbocycles. The maximum absolute atomic E-state index is 12.9. The molecule has 1 saturated carbocycles. The van der Waals surface area contributed by atoms with Gasteiger partial charge in [0.2, 0.25) is 0 Å². The average Bonchev–Trinajstić information content (AvgIpc) is 2.80. The van der Waals surface area contributed by atoms with E-state index in [1.807, 2.05) is 4.57 Å². The molecule has 0 radical (unpaired) electrons. The second kappa shape index (κ2) is 6.55. The summed E-state index contributed by atoms with van der Waals surface area (Å²) >= 11 is 5.87. The highest BCUT2D eigenvalue weighted by atomic mass is 35.5. The van der Waals surface area contributed by atoms with Gasteiger partial charge in [-0.3, -0.25) is 0 Å². The van der Waals surface area contributed by atoms with Gasteiger partial charge in [-0.15, -0.1) is 21.8 Å². The molecule has 2 rings (SSSR count). The lowest BCUT2D eigenvalue weighted by molar-refractivity contribution is -0.183. The van der Waals surface area contributed by atoms with Crippen molar-refractivity contribution in [1.82, 2.24) is 14.8 Å². The molecule has 0 aliphatic heterocycles. The van der Waals surface area contributed by atoms with Crippen molar-refractivity contribution in [2.45, 2.75) is 64.0 Å². The van der Waals surface area contributed by atoms with Gasteiger partial charge in [-0.25, -0.2) is 0 Å². The molecule has 2 atom stereocenters. The topological polar surface area (TPSA) is 30.7 Å². The van der Waals surface area contributed by atoms with Gasteiger partial charge in [0.15, 0.2) is 0 Å². The first kappa shape index (κ1) is 16.6. The molecule has 3 nitrogen and oxygen atoms in total. The van der Waals surface area contributed by atoms with Crippen LogP contribution in [0.5, 0.6) is 0 Å². The predicted octanol–water partition coefficient (Wildman–Crippen LogP) is 4.51. The highest BCUT2D eigenvalue weighted by molar-refractivity contribution is 6.16. The number of hydrogen-bond acceptors (Lipinski definition) is 2. The fourth-order valence-electron chi connectivity index (χ4n) is 3.04. The van der Waals surface area contributed by atoms with Crippen molar-refractivity contribution < 1.29 is 13.2 Å². The largest absolute Gasteiger partial charge is 0.391 e. The Labute approximate surface area is 127 Å². The van der Waals surface area contributed by atoms with E-state index in [1.54, 1.807) is 0 Å². The minimum absolute atomic E-state index is 0.113. The van der Waals surface area contributed by atoms with Crippen LogP contribution >= 0.6 is 11.6 Å². The van der Waals surface area contributed by atoms with Crippen molar-refractivity contribution in [3.05, 3.63) is 11.6 Å². The summed E-state index contributed by atoms with van der Waals surface area (Å²) in [6, 6.07) is 0. The fourth-order valence-corrected chi connectivity index (χ4v) is 3.23. The summed E-state index contributed by atoms with van der Waals surface area (Å²) in [5, 5.41) is 8.19. The quantitative estimate of drug-likeness (QED) is 0.763. The zero-order valence-electron chi connectivity index (χ0n) is 12.3.